The number of hydrogen-bond donors (Lipinski definition) is 1. The summed E-state index contributed by atoms with van der Waals surface area (Å²) in [6, 6.07) is 0. The molecule has 4 heteroatoms. The second-order valence-electron chi connectivity index (χ2n) is 6.76. The van der Waals surface area contributed by atoms with Gasteiger partial charge in [-0.3, -0.25) is 9.78 Å². The summed E-state index contributed by atoms with van der Waals surface area (Å²) < 4.78 is 0. The van der Waals surface area contributed by atoms with Crippen molar-refractivity contribution in [2.24, 2.45) is 11.8 Å². The Bertz CT molecular complexity index is 513. The van der Waals surface area contributed by atoms with E-state index in [0.29, 0.717) is 11.8 Å². The fourth-order valence-corrected chi connectivity index (χ4v) is 3.43. The van der Waals surface area contributed by atoms with Gasteiger partial charge in [-0.05, 0) is 38.0 Å². The number of nitrogens with zero attached hydrogens (tertiary/aromatic N) is 2. The Balaban J connectivity index is 2.17. The van der Waals surface area contributed by atoms with Crippen molar-refractivity contribution < 1.29 is 0 Å². The van der Waals surface area contributed by atoms with Crippen LogP contribution >= 0.6 is 0 Å². The number of rotatable bonds is 5. The number of aryl methyl sites for hydroxylation is 1. The maximum atomic E-state index is 12.3. The molecule has 2 atom stereocenters. The van der Waals surface area contributed by atoms with Gasteiger partial charge in [0, 0.05) is 24.3 Å². The highest BCUT2D eigenvalue weighted by Crippen LogP contribution is 2.23. The second-order valence-corrected chi connectivity index (χ2v) is 6.76. The number of aromatic amines is 1. The summed E-state index contributed by atoms with van der Waals surface area (Å²) in [6.07, 6.45) is 5.51. The Kier molecular flexibility index (Phi) is 5.43. The first kappa shape index (κ1) is 16.1. The molecule has 118 valence electrons. The van der Waals surface area contributed by atoms with Gasteiger partial charge in [0.15, 0.2) is 0 Å². The zero-order valence-corrected chi connectivity index (χ0v) is 13.9. The van der Waals surface area contributed by atoms with Crippen LogP contribution in [0.4, 0.5) is 5.95 Å². The average molecular weight is 291 g/mol. The molecule has 1 aromatic rings. The molecule has 2 heterocycles. The molecule has 21 heavy (non-hydrogen) atoms. The molecule has 0 radical (unpaired) electrons. The van der Waals surface area contributed by atoms with Crippen LogP contribution in [0.1, 0.15) is 57.7 Å². The summed E-state index contributed by atoms with van der Waals surface area (Å²) in [5.41, 5.74) is 1.82. The van der Waals surface area contributed by atoms with E-state index >= 15 is 0 Å². The minimum absolute atomic E-state index is 0.0551. The first-order valence-corrected chi connectivity index (χ1v) is 8.36. The second kappa shape index (κ2) is 7.10. The molecule has 1 saturated heterocycles. The fraction of sp³-hybridized carbons (Fsp3) is 0.765. The van der Waals surface area contributed by atoms with Crippen molar-refractivity contribution in [2.75, 3.05) is 18.0 Å². The summed E-state index contributed by atoms with van der Waals surface area (Å²) in [7, 11) is 0. The van der Waals surface area contributed by atoms with Crippen molar-refractivity contribution in [1.29, 1.82) is 0 Å². The van der Waals surface area contributed by atoms with Gasteiger partial charge < -0.3 is 4.90 Å². The van der Waals surface area contributed by atoms with Gasteiger partial charge in [-0.15, -0.1) is 0 Å². The SMILES string of the molecule is CCCCCc1c(C)nc(N2C[C@H](C)C[C@H](C)C2)[nH]c1=O. The van der Waals surface area contributed by atoms with Gasteiger partial charge >= 0.3 is 0 Å². The van der Waals surface area contributed by atoms with Crippen molar-refractivity contribution >= 4 is 5.95 Å². The standard InChI is InChI=1S/C17H29N3O/c1-5-6-7-8-15-14(4)18-17(19-16(15)21)20-10-12(2)9-13(3)11-20/h12-13H,5-11H2,1-4H3,(H,18,19,21)/t12-,13+. The minimum Gasteiger partial charge on any atom is -0.342 e. The van der Waals surface area contributed by atoms with Crippen molar-refractivity contribution in [3.05, 3.63) is 21.6 Å². The van der Waals surface area contributed by atoms with Crippen LogP contribution in [0.3, 0.4) is 0 Å². The van der Waals surface area contributed by atoms with Crippen LogP contribution in [-0.2, 0) is 6.42 Å². The molecule has 0 unspecified atom stereocenters. The van der Waals surface area contributed by atoms with E-state index in [1.165, 1.54) is 19.3 Å². The van der Waals surface area contributed by atoms with Crippen LogP contribution in [0.15, 0.2) is 4.79 Å². The highest BCUT2D eigenvalue weighted by atomic mass is 16.1. The quantitative estimate of drug-likeness (QED) is 0.847. The summed E-state index contributed by atoms with van der Waals surface area (Å²) in [4.78, 5) is 22.3. The third-order valence-corrected chi connectivity index (χ3v) is 4.41. The third kappa shape index (κ3) is 4.08. The van der Waals surface area contributed by atoms with Gasteiger partial charge in [-0.25, -0.2) is 4.98 Å². The van der Waals surface area contributed by atoms with Crippen LogP contribution in [0.25, 0.3) is 0 Å². The molecule has 4 nitrogen and oxygen atoms in total. The zero-order chi connectivity index (χ0) is 15.4. The lowest BCUT2D eigenvalue weighted by atomic mass is 9.92. The van der Waals surface area contributed by atoms with Gasteiger partial charge in [-0.2, -0.15) is 0 Å². The number of H-pyrrole nitrogens is 1. The van der Waals surface area contributed by atoms with E-state index in [1.807, 2.05) is 6.92 Å². The van der Waals surface area contributed by atoms with E-state index in [4.69, 9.17) is 0 Å². The number of anilines is 1. The Morgan fingerprint density at radius 1 is 1.24 bits per heavy atom. The van der Waals surface area contributed by atoms with Crippen LogP contribution in [0.5, 0.6) is 0 Å². The van der Waals surface area contributed by atoms with Crippen molar-refractivity contribution in [3.63, 3.8) is 0 Å². The smallest absolute Gasteiger partial charge is 0.255 e. The maximum absolute atomic E-state index is 12.3. The number of unbranched alkanes of at least 4 members (excludes halogenated alkanes) is 2. The lowest BCUT2D eigenvalue weighted by molar-refractivity contribution is 0.353. The topological polar surface area (TPSA) is 49.0 Å². The highest BCUT2D eigenvalue weighted by Gasteiger charge is 2.24. The number of aromatic nitrogens is 2. The molecule has 1 N–H and O–H groups in total. The monoisotopic (exact) mass is 291 g/mol. The Hall–Kier alpha value is -1.32. The largest absolute Gasteiger partial charge is 0.342 e. The van der Waals surface area contributed by atoms with Crippen LogP contribution in [0.2, 0.25) is 0 Å². The number of nitrogens with one attached hydrogen (secondary N) is 1. The Morgan fingerprint density at radius 2 is 1.90 bits per heavy atom. The molecule has 1 fully saturated rings. The van der Waals surface area contributed by atoms with Crippen molar-refractivity contribution in [3.8, 4) is 0 Å². The average Bonchev–Trinajstić information content (AvgIpc) is 2.40. The van der Waals surface area contributed by atoms with Crippen molar-refractivity contribution in [2.45, 2.75) is 59.8 Å². The third-order valence-electron chi connectivity index (χ3n) is 4.41. The lowest BCUT2D eigenvalue weighted by Crippen LogP contribution is -2.40. The zero-order valence-electron chi connectivity index (χ0n) is 13.9. The fourth-order valence-electron chi connectivity index (χ4n) is 3.43. The van der Waals surface area contributed by atoms with E-state index in [0.717, 1.165) is 43.1 Å². The molecule has 0 aromatic carbocycles. The van der Waals surface area contributed by atoms with Gasteiger partial charge in [-0.1, -0.05) is 33.6 Å². The molecule has 0 aliphatic carbocycles. The molecule has 1 aliphatic rings. The number of piperidine rings is 1. The maximum Gasteiger partial charge on any atom is 0.255 e. The molecule has 0 spiro atoms. The van der Waals surface area contributed by atoms with Crippen LogP contribution in [-0.4, -0.2) is 23.1 Å². The molecule has 0 amide bonds. The van der Waals surface area contributed by atoms with Gasteiger partial charge in [0.1, 0.15) is 0 Å². The molecule has 0 saturated carbocycles. The Morgan fingerprint density at radius 3 is 2.48 bits per heavy atom. The normalized spacial score (nSPS) is 22.6. The van der Waals surface area contributed by atoms with Gasteiger partial charge in [0.25, 0.3) is 5.56 Å². The molecule has 1 aromatic heterocycles. The number of hydrogen-bond acceptors (Lipinski definition) is 3. The summed E-state index contributed by atoms with van der Waals surface area (Å²) in [6.45, 7) is 10.7. The highest BCUT2D eigenvalue weighted by molar-refractivity contribution is 5.34. The van der Waals surface area contributed by atoms with E-state index in [9.17, 15) is 4.79 Å². The lowest BCUT2D eigenvalue weighted by Gasteiger charge is -2.35. The Labute approximate surface area is 128 Å². The molecular formula is C17H29N3O. The minimum atomic E-state index is 0.0551. The predicted octanol–water partition coefficient (Wildman–Crippen LogP) is 3.29. The van der Waals surface area contributed by atoms with E-state index in [2.05, 4.69) is 35.6 Å². The van der Waals surface area contributed by atoms with Crippen LogP contribution < -0.4 is 10.5 Å². The molecule has 0 bridgehead atoms. The molecular weight excluding hydrogens is 262 g/mol. The summed E-state index contributed by atoms with van der Waals surface area (Å²) >= 11 is 0. The van der Waals surface area contributed by atoms with Crippen molar-refractivity contribution in [1.82, 2.24) is 9.97 Å². The first-order chi connectivity index (χ1) is 10.0. The van der Waals surface area contributed by atoms with E-state index < -0.39 is 0 Å². The van der Waals surface area contributed by atoms with Crippen LogP contribution in [0, 0.1) is 18.8 Å². The summed E-state index contributed by atoms with van der Waals surface area (Å²) in [5, 5.41) is 0. The van der Waals surface area contributed by atoms with E-state index in [1.54, 1.807) is 0 Å². The molecule has 2 rings (SSSR count). The predicted molar refractivity (Wildman–Crippen MR) is 88.0 cm³/mol. The summed E-state index contributed by atoms with van der Waals surface area (Å²) in [5.74, 6) is 2.07. The van der Waals surface area contributed by atoms with Gasteiger partial charge in [0.2, 0.25) is 5.95 Å². The first-order valence-electron chi connectivity index (χ1n) is 8.36. The molecule has 1 aliphatic heterocycles. The van der Waals surface area contributed by atoms with E-state index in [-0.39, 0.29) is 5.56 Å². The van der Waals surface area contributed by atoms with Gasteiger partial charge in [0.05, 0.1) is 0 Å².